The van der Waals surface area contributed by atoms with E-state index in [1.807, 2.05) is 0 Å². The Bertz CT molecular complexity index is 555. The van der Waals surface area contributed by atoms with Crippen LogP contribution in [-0.2, 0) is 4.79 Å². The van der Waals surface area contributed by atoms with Gasteiger partial charge in [-0.25, -0.2) is 0 Å². The lowest BCUT2D eigenvalue weighted by atomic mass is 10.2. The van der Waals surface area contributed by atoms with Gasteiger partial charge in [-0.3, -0.25) is 25.2 Å². The summed E-state index contributed by atoms with van der Waals surface area (Å²) in [6.45, 7) is 3.89. The van der Waals surface area contributed by atoms with Crippen LogP contribution in [0.5, 0.6) is 0 Å². The zero-order valence-corrected chi connectivity index (χ0v) is 12.0. The predicted molar refractivity (Wildman–Crippen MR) is 73.2 cm³/mol. The number of nitrogens with one attached hydrogen (secondary N) is 2. The molecular formula is C12H15N3O4S. The average Bonchev–Trinajstić information content (AvgIpc) is 2.93. The smallest absolute Gasteiger partial charge is 0.282 e. The predicted octanol–water partition coefficient (Wildman–Crippen LogP) is 0.826. The second kappa shape index (κ2) is 6.00. The van der Waals surface area contributed by atoms with Gasteiger partial charge in [-0.15, -0.1) is 0 Å². The molecule has 3 amide bonds. The lowest BCUT2D eigenvalue weighted by Gasteiger charge is -2.14. The van der Waals surface area contributed by atoms with E-state index in [9.17, 15) is 14.4 Å². The molecule has 2 rings (SSSR count). The fourth-order valence-corrected chi connectivity index (χ4v) is 2.66. The van der Waals surface area contributed by atoms with Crippen LogP contribution in [0.25, 0.3) is 0 Å². The van der Waals surface area contributed by atoms with Crippen molar-refractivity contribution in [1.29, 1.82) is 0 Å². The van der Waals surface area contributed by atoms with E-state index < -0.39 is 11.8 Å². The molecule has 1 aliphatic heterocycles. The average molecular weight is 297 g/mol. The first kappa shape index (κ1) is 14.4. The molecule has 7 nitrogen and oxygen atoms in total. The van der Waals surface area contributed by atoms with Gasteiger partial charge in [0.05, 0.1) is 5.56 Å². The summed E-state index contributed by atoms with van der Waals surface area (Å²) in [5.74, 6) is 0.910. The van der Waals surface area contributed by atoms with E-state index >= 15 is 0 Å². The molecule has 0 aliphatic carbocycles. The van der Waals surface area contributed by atoms with Gasteiger partial charge in [0.2, 0.25) is 0 Å². The highest BCUT2D eigenvalue weighted by Crippen LogP contribution is 2.16. The second-order valence-corrected chi connectivity index (χ2v) is 5.41. The van der Waals surface area contributed by atoms with Crippen LogP contribution in [0.4, 0.5) is 4.79 Å². The van der Waals surface area contributed by atoms with Crippen LogP contribution in [0.15, 0.2) is 10.5 Å². The van der Waals surface area contributed by atoms with Gasteiger partial charge >= 0.3 is 0 Å². The van der Waals surface area contributed by atoms with Crippen LogP contribution < -0.4 is 10.9 Å². The monoisotopic (exact) mass is 297 g/mol. The van der Waals surface area contributed by atoms with E-state index in [0.29, 0.717) is 29.4 Å². The highest BCUT2D eigenvalue weighted by molar-refractivity contribution is 8.13. The minimum atomic E-state index is -0.449. The lowest BCUT2D eigenvalue weighted by Crippen LogP contribution is -2.46. The van der Waals surface area contributed by atoms with Crippen molar-refractivity contribution in [2.45, 2.75) is 13.8 Å². The molecule has 2 N–H and O–H groups in total. The zero-order chi connectivity index (χ0) is 14.7. The number of hydrogen-bond donors (Lipinski definition) is 2. The number of carbonyl (C=O) groups excluding carboxylic acids is 3. The summed E-state index contributed by atoms with van der Waals surface area (Å²) < 4.78 is 5.23. The topological polar surface area (TPSA) is 91.7 Å². The van der Waals surface area contributed by atoms with Gasteiger partial charge in [0.15, 0.2) is 0 Å². The normalized spacial score (nSPS) is 14.5. The Morgan fingerprint density at radius 1 is 1.40 bits per heavy atom. The molecule has 0 bridgehead atoms. The fourth-order valence-electron chi connectivity index (χ4n) is 1.83. The van der Waals surface area contributed by atoms with Crippen LogP contribution in [0.3, 0.4) is 0 Å². The summed E-state index contributed by atoms with van der Waals surface area (Å²) in [7, 11) is 0. The number of thioether (sulfide) groups is 1. The van der Waals surface area contributed by atoms with Crippen molar-refractivity contribution < 1.29 is 18.8 Å². The van der Waals surface area contributed by atoms with Crippen LogP contribution in [0.1, 0.15) is 21.9 Å². The minimum absolute atomic E-state index is 0.0600. The first-order valence-electron chi connectivity index (χ1n) is 6.05. The Morgan fingerprint density at radius 2 is 2.15 bits per heavy atom. The van der Waals surface area contributed by atoms with E-state index in [0.717, 1.165) is 0 Å². The quantitative estimate of drug-likeness (QED) is 0.806. The number of furan rings is 1. The van der Waals surface area contributed by atoms with Crippen molar-refractivity contribution in [3.63, 3.8) is 0 Å². The van der Waals surface area contributed by atoms with Crippen LogP contribution in [0.2, 0.25) is 0 Å². The van der Waals surface area contributed by atoms with Gasteiger partial charge in [0, 0.05) is 12.3 Å². The molecule has 2 heterocycles. The van der Waals surface area contributed by atoms with Crippen molar-refractivity contribution in [3.8, 4) is 0 Å². The summed E-state index contributed by atoms with van der Waals surface area (Å²) in [6, 6.07) is 1.59. The van der Waals surface area contributed by atoms with Crippen LogP contribution in [-0.4, -0.2) is 40.8 Å². The van der Waals surface area contributed by atoms with Crippen molar-refractivity contribution in [2.75, 3.05) is 18.8 Å². The van der Waals surface area contributed by atoms with E-state index in [1.165, 1.54) is 16.7 Å². The molecule has 0 saturated carbocycles. The molecule has 1 saturated heterocycles. The molecule has 0 radical (unpaired) electrons. The molecule has 1 fully saturated rings. The number of rotatable bonds is 3. The third-order valence-electron chi connectivity index (χ3n) is 2.78. The maximum atomic E-state index is 11.8. The largest absolute Gasteiger partial charge is 0.466 e. The third-order valence-corrected chi connectivity index (χ3v) is 3.67. The summed E-state index contributed by atoms with van der Waals surface area (Å²) in [5.41, 5.74) is 4.95. The molecule has 108 valence electrons. The number of carbonyl (C=O) groups is 3. The van der Waals surface area contributed by atoms with E-state index in [1.54, 1.807) is 19.9 Å². The van der Waals surface area contributed by atoms with Crippen molar-refractivity contribution >= 4 is 28.8 Å². The number of hydrogen-bond acceptors (Lipinski definition) is 5. The van der Waals surface area contributed by atoms with Crippen molar-refractivity contribution in [2.24, 2.45) is 0 Å². The zero-order valence-electron chi connectivity index (χ0n) is 11.2. The number of amides is 3. The van der Waals surface area contributed by atoms with Crippen LogP contribution >= 0.6 is 11.8 Å². The minimum Gasteiger partial charge on any atom is -0.466 e. The summed E-state index contributed by atoms with van der Waals surface area (Å²) in [5, 5.41) is -0.118. The highest BCUT2D eigenvalue weighted by atomic mass is 32.2. The molecule has 0 aromatic carbocycles. The summed E-state index contributed by atoms with van der Waals surface area (Å²) >= 11 is 1.18. The second-order valence-electron chi connectivity index (χ2n) is 4.37. The van der Waals surface area contributed by atoms with Gasteiger partial charge in [-0.1, -0.05) is 11.8 Å². The number of aryl methyl sites for hydroxylation is 2. The Hall–Kier alpha value is -1.96. The maximum Gasteiger partial charge on any atom is 0.282 e. The molecule has 0 atom stereocenters. The fraction of sp³-hybridized carbons (Fsp3) is 0.417. The number of nitrogens with zero attached hydrogens (tertiary/aromatic N) is 1. The SMILES string of the molecule is Cc1cc(C(=O)NNC(=O)CN2CCSC2=O)c(C)o1. The van der Waals surface area contributed by atoms with Crippen molar-refractivity contribution in [3.05, 3.63) is 23.2 Å². The van der Waals surface area contributed by atoms with E-state index in [4.69, 9.17) is 4.42 Å². The Morgan fingerprint density at radius 3 is 2.70 bits per heavy atom. The van der Waals surface area contributed by atoms with E-state index in [2.05, 4.69) is 10.9 Å². The summed E-state index contributed by atoms with van der Waals surface area (Å²) in [6.07, 6.45) is 0. The first-order valence-corrected chi connectivity index (χ1v) is 7.04. The number of hydrazine groups is 1. The standard InChI is InChI=1S/C12H15N3O4S/c1-7-5-9(8(2)19-7)11(17)14-13-10(16)6-15-3-4-20-12(15)18/h5H,3-4,6H2,1-2H3,(H,13,16)(H,14,17). The van der Waals surface area contributed by atoms with Gasteiger partial charge < -0.3 is 9.32 Å². The van der Waals surface area contributed by atoms with Crippen LogP contribution in [0, 0.1) is 13.8 Å². The molecule has 20 heavy (non-hydrogen) atoms. The van der Waals surface area contributed by atoms with Gasteiger partial charge in [-0.2, -0.15) is 0 Å². The third kappa shape index (κ3) is 3.32. The lowest BCUT2D eigenvalue weighted by molar-refractivity contribution is -0.122. The Labute approximate surface area is 120 Å². The van der Waals surface area contributed by atoms with Gasteiger partial charge in [0.25, 0.3) is 17.1 Å². The molecule has 1 aliphatic rings. The highest BCUT2D eigenvalue weighted by Gasteiger charge is 2.23. The van der Waals surface area contributed by atoms with E-state index in [-0.39, 0.29) is 11.8 Å². The van der Waals surface area contributed by atoms with Crippen molar-refractivity contribution in [1.82, 2.24) is 15.8 Å². The maximum absolute atomic E-state index is 11.8. The molecular weight excluding hydrogens is 282 g/mol. The summed E-state index contributed by atoms with van der Waals surface area (Å²) in [4.78, 5) is 36.2. The Kier molecular flexibility index (Phi) is 4.33. The Balaban J connectivity index is 1.82. The molecule has 0 unspecified atom stereocenters. The van der Waals surface area contributed by atoms with Gasteiger partial charge in [-0.05, 0) is 19.9 Å². The molecule has 0 spiro atoms. The first-order chi connectivity index (χ1) is 9.47. The molecule has 1 aromatic rings. The molecule has 1 aromatic heterocycles. The van der Waals surface area contributed by atoms with Gasteiger partial charge in [0.1, 0.15) is 18.1 Å². The molecule has 8 heteroatoms.